The lowest BCUT2D eigenvalue weighted by Crippen LogP contribution is -2.23. The minimum absolute atomic E-state index is 0.0952. The van der Waals surface area contributed by atoms with Crippen LogP contribution in [0.4, 0.5) is 15.8 Å². The van der Waals surface area contributed by atoms with E-state index < -0.39 is 30.2 Å². The molecule has 0 saturated heterocycles. The topological polar surface area (TPSA) is 103 Å². The maximum atomic E-state index is 12.9. The van der Waals surface area contributed by atoms with Crippen LogP contribution < -0.4 is 20.1 Å². The van der Waals surface area contributed by atoms with Crippen LogP contribution in [-0.4, -0.2) is 31.2 Å². The van der Waals surface area contributed by atoms with E-state index in [4.69, 9.17) is 14.2 Å². The van der Waals surface area contributed by atoms with Gasteiger partial charge in [-0.05, 0) is 42.0 Å². The zero-order valence-electron chi connectivity index (χ0n) is 17.3. The second-order valence-electron chi connectivity index (χ2n) is 7.08. The summed E-state index contributed by atoms with van der Waals surface area (Å²) in [6.45, 7) is -0.409. The summed E-state index contributed by atoms with van der Waals surface area (Å²) in [5.41, 5.74) is 1.55. The van der Waals surface area contributed by atoms with Gasteiger partial charge in [0.1, 0.15) is 5.82 Å². The van der Waals surface area contributed by atoms with E-state index in [1.165, 1.54) is 24.3 Å². The highest BCUT2D eigenvalue weighted by Crippen LogP contribution is 2.34. The van der Waals surface area contributed by atoms with E-state index in [9.17, 15) is 18.8 Å². The maximum Gasteiger partial charge on any atom is 0.310 e. The number of fused-ring (bicyclic) bond motifs is 1. The Bertz CT molecular complexity index is 1200. The van der Waals surface area contributed by atoms with Crippen LogP contribution in [0.25, 0.3) is 0 Å². The third-order valence-electron chi connectivity index (χ3n) is 4.70. The highest BCUT2D eigenvalue weighted by molar-refractivity contribution is 6.10. The molecule has 0 bridgehead atoms. The van der Waals surface area contributed by atoms with Gasteiger partial charge in [0.15, 0.2) is 18.1 Å². The SMILES string of the molecule is O=C(COC(=O)Cc1ccc(F)cc1)Nc1ccccc1C(=O)Nc1ccc2c(c1)OCO2. The fourth-order valence-electron chi connectivity index (χ4n) is 3.12. The fourth-order valence-corrected chi connectivity index (χ4v) is 3.12. The highest BCUT2D eigenvalue weighted by Gasteiger charge is 2.17. The van der Waals surface area contributed by atoms with Crippen molar-refractivity contribution in [2.24, 2.45) is 0 Å². The molecule has 0 spiro atoms. The first-order valence-corrected chi connectivity index (χ1v) is 9.98. The molecule has 0 aliphatic carbocycles. The van der Waals surface area contributed by atoms with Gasteiger partial charge in [-0.15, -0.1) is 0 Å². The minimum Gasteiger partial charge on any atom is -0.455 e. The second kappa shape index (κ2) is 9.82. The first-order chi connectivity index (χ1) is 16.0. The number of nitrogens with one attached hydrogen (secondary N) is 2. The van der Waals surface area contributed by atoms with Gasteiger partial charge in [-0.25, -0.2) is 4.39 Å². The average Bonchev–Trinajstić information content (AvgIpc) is 3.27. The van der Waals surface area contributed by atoms with E-state index in [1.807, 2.05) is 0 Å². The van der Waals surface area contributed by atoms with Gasteiger partial charge in [-0.1, -0.05) is 24.3 Å². The lowest BCUT2D eigenvalue weighted by atomic mass is 10.1. The molecule has 3 aromatic rings. The number of carbonyl (C=O) groups excluding carboxylic acids is 3. The van der Waals surface area contributed by atoms with Crippen LogP contribution >= 0.6 is 0 Å². The Morgan fingerprint density at radius 2 is 1.67 bits per heavy atom. The van der Waals surface area contributed by atoms with Crippen LogP contribution in [0.5, 0.6) is 11.5 Å². The largest absolute Gasteiger partial charge is 0.455 e. The Balaban J connectivity index is 1.33. The first-order valence-electron chi connectivity index (χ1n) is 9.98. The number of halogens is 1. The van der Waals surface area contributed by atoms with Crippen molar-refractivity contribution in [2.75, 3.05) is 24.0 Å². The predicted octanol–water partition coefficient (Wildman–Crippen LogP) is 3.53. The molecular formula is C24H19FN2O6. The molecule has 8 nitrogen and oxygen atoms in total. The number of hydrogen-bond donors (Lipinski definition) is 2. The van der Waals surface area contributed by atoms with Crippen LogP contribution in [0.1, 0.15) is 15.9 Å². The maximum absolute atomic E-state index is 12.9. The zero-order chi connectivity index (χ0) is 23.2. The van der Waals surface area contributed by atoms with Crippen molar-refractivity contribution in [3.05, 3.63) is 83.7 Å². The summed E-state index contributed by atoms with van der Waals surface area (Å²) in [7, 11) is 0. The number of benzene rings is 3. The van der Waals surface area contributed by atoms with Crippen molar-refractivity contribution in [3.8, 4) is 11.5 Å². The molecule has 2 amide bonds. The normalized spacial score (nSPS) is 11.5. The Kier molecular flexibility index (Phi) is 6.49. The van der Waals surface area contributed by atoms with Crippen LogP contribution in [0.2, 0.25) is 0 Å². The van der Waals surface area contributed by atoms with Gasteiger partial charge < -0.3 is 24.8 Å². The number of esters is 1. The fraction of sp³-hybridized carbons (Fsp3) is 0.125. The molecule has 1 aliphatic heterocycles. The van der Waals surface area contributed by atoms with E-state index in [2.05, 4.69) is 10.6 Å². The monoisotopic (exact) mass is 450 g/mol. The van der Waals surface area contributed by atoms with Gasteiger partial charge >= 0.3 is 5.97 Å². The third kappa shape index (κ3) is 5.65. The van der Waals surface area contributed by atoms with E-state index in [-0.39, 0.29) is 24.5 Å². The molecule has 4 rings (SSSR count). The second-order valence-corrected chi connectivity index (χ2v) is 7.08. The molecule has 0 unspecified atom stereocenters. The molecule has 0 saturated carbocycles. The van der Waals surface area contributed by atoms with Gasteiger partial charge in [-0.3, -0.25) is 14.4 Å². The van der Waals surface area contributed by atoms with Crippen LogP contribution in [0.3, 0.4) is 0 Å². The van der Waals surface area contributed by atoms with Crippen LogP contribution in [0.15, 0.2) is 66.7 Å². The quantitative estimate of drug-likeness (QED) is 0.534. The van der Waals surface area contributed by atoms with E-state index >= 15 is 0 Å². The predicted molar refractivity (Wildman–Crippen MR) is 117 cm³/mol. The van der Waals surface area contributed by atoms with Gasteiger partial charge in [0.2, 0.25) is 6.79 Å². The van der Waals surface area contributed by atoms with Gasteiger partial charge in [0, 0.05) is 11.8 Å². The molecule has 0 radical (unpaired) electrons. The summed E-state index contributed by atoms with van der Waals surface area (Å²) >= 11 is 0. The lowest BCUT2D eigenvalue weighted by Gasteiger charge is -2.12. The molecule has 0 aromatic heterocycles. The van der Waals surface area contributed by atoms with Crippen LogP contribution in [-0.2, 0) is 20.7 Å². The molecule has 168 valence electrons. The summed E-state index contributed by atoms with van der Waals surface area (Å²) < 4.78 is 28.5. The number of anilines is 2. The molecule has 1 heterocycles. The van der Waals surface area contributed by atoms with Crippen molar-refractivity contribution >= 4 is 29.2 Å². The first kappa shape index (κ1) is 21.8. The molecule has 9 heteroatoms. The molecular weight excluding hydrogens is 431 g/mol. The summed E-state index contributed by atoms with van der Waals surface area (Å²) in [6.07, 6.45) is -0.0952. The number of hydrogen-bond acceptors (Lipinski definition) is 6. The number of rotatable bonds is 7. The summed E-state index contributed by atoms with van der Waals surface area (Å²) in [4.78, 5) is 37.0. The van der Waals surface area contributed by atoms with Gasteiger partial charge in [0.05, 0.1) is 17.7 Å². The van der Waals surface area contributed by atoms with E-state index in [0.717, 1.165) is 0 Å². The minimum atomic E-state index is -0.634. The number of amides is 2. The van der Waals surface area contributed by atoms with Crippen molar-refractivity contribution in [3.63, 3.8) is 0 Å². The van der Waals surface area contributed by atoms with Crippen molar-refractivity contribution in [1.82, 2.24) is 0 Å². The summed E-state index contributed by atoms with van der Waals surface area (Å²) in [5, 5.41) is 5.32. The third-order valence-corrected chi connectivity index (χ3v) is 4.70. The average molecular weight is 450 g/mol. The Morgan fingerprint density at radius 3 is 2.48 bits per heavy atom. The van der Waals surface area contributed by atoms with Crippen molar-refractivity contribution < 1.29 is 33.0 Å². The van der Waals surface area contributed by atoms with E-state index in [1.54, 1.807) is 42.5 Å². The number of ether oxygens (including phenoxy) is 3. The molecule has 0 fully saturated rings. The summed E-state index contributed by atoms with van der Waals surface area (Å²) in [6, 6.07) is 16.8. The Hall–Kier alpha value is -4.40. The highest BCUT2D eigenvalue weighted by atomic mass is 19.1. The van der Waals surface area contributed by atoms with Crippen molar-refractivity contribution in [2.45, 2.75) is 6.42 Å². The number of para-hydroxylation sites is 1. The summed E-state index contributed by atoms with van der Waals surface area (Å²) in [5.74, 6) is -0.978. The van der Waals surface area contributed by atoms with Gasteiger partial charge in [0.25, 0.3) is 11.8 Å². The molecule has 1 aliphatic rings. The Morgan fingerprint density at radius 1 is 0.909 bits per heavy atom. The van der Waals surface area contributed by atoms with Crippen molar-refractivity contribution in [1.29, 1.82) is 0 Å². The zero-order valence-corrected chi connectivity index (χ0v) is 17.3. The molecule has 33 heavy (non-hydrogen) atoms. The standard InChI is InChI=1S/C24H19FN2O6/c25-16-7-5-15(6-8-16)11-23(29)31-13-22(28)27-19-4-2-1-3-18(19)24(30)26-17-9-10-20-21(12-17)33-14-32-20/h1-10,12H,11,13-14H2,(H,26,30)(H,27,28). The number of carbonyl (C=O) groups is 3. The smallest absolute Gasteiger partial charge is 0.310 e. The molecule has 0 atom stereocenters. The lowest BCUT2D eigenvalue weighted by molar-refractivity contribution is -0.146. The van der Waals surface area contributed by atoms with Crippen LogP contribution in [0, 0.1) is 5.82 Å². The molecule has 2 N–H and O–H groups in total. The Labute approximate surface area is 188 Å². The molecule has 3 aromatic carbocycles. The van der Waals surface area contributed by atoms with Gasteiger partial charge in [-0.2, -0.15) is 0 Å². The van der Waals surface area contributed by atoms with E-state index in [0.29, 0.717) is 22.7 Å².